The Kier molecular flexibility index (Phi) is 7.28. The lowest BCUT2D eigenvalue weighted by Gasteiger charge is -2.21. The first-order valence-corrected chi connectivity index (χ1v) is 11.2. The Hall–Kier alpha value is -1.35. The van der Waals surface area contributed by atoms with Crippen LogP contribution in [0, 0.1) is 0 Å². The summed E-state index contributed by atoms with van der Waals surface area (Å²) in [7, 11) is -1.97. The Bertz CT molecular complexity index is 868. The van der Waals surface area contributed by atoms with Crippen molar-refractivity contribution < 1.29 is 13.2 Å². The summed E-state index contributed by atoms with van der Waals surface area (Å²) >= 11 is 4.83. The minimum atomic E-state index is -3.52. The number of thioether (sulfide) groups is 1. The van der Waals surface area contributed by atoms with E-state index in [1.807, 2.05) is 38.1 Å². The third kappa shape index (κ3) is 5.57. The first kappa shape index (κ1) is 21.0. The van der Waals surface area contributed by atoms with Crippen molar-refractivity contribution in [3.05, 3.63) is 53.0 Å². The summed E-state index contributed by atoms with van der Waals surface area (Å²) in [6, 6.07) is 13.8. The molecule has 0 spiro atoms. The predicted molar refractivity (Wildman–Crippen MR) is 110 cm³/mol. The summed E-state index contributed by atoms with van der Waals surface area (Å²) in [4.78, 5) is 13.3. The number of amides is 1. The highest BCUT2D eigenvalue weighted by Gasteiger charge is 2.22. The predicted octanol–water partition coefficient (Wildman–Crippen LogP) is 4.21. The molecule has 1 amide bonds. The van der Waals surface area contributed by atoms with Crippen LogP contribution < -0.4 is 5.32 Å². The van der Waals surface area contributed by atoms with Crippen LogP contribution in [0.25, 0.3) is 0 Å². The minimum Gasteiger partial charge on any atom is -0.325 e. The van der Waals surface area contributed by atoms with E-state index in [4.69, 9.17) is 0 Å². The maximum Gasteiger partial charge on any atom is 0.243 e. The fourth-order valence-corrected chi connectivity index (χ4v) is 4.73. The van der Waals surface area contributed by atoms with Crippen molar-refractivity contribution >= 4 is 49.3 Å². The van der Waals surface area contributed by atoms with Crippen LogP contribution in [0.3, 0.4) is 0 Å². The van der Waals surface area contributed by atoms with Crippen molar-refractivity contribution in [1.82, 2.24) is 4.31 Å². The van der Waals surface area contributed by atoms with Crippen LogP contribution in [-0.4, -0.2) is 37.5 Å². The Morgan fingerprint density at radius 2 is 1.85 bits per heavy atom. The molecule has 26 heavy (non-hydrogen) atoms. The largest absolute Gasteiger partial charge is 0.325 e. The van der Waals surface area contributed by atoms with E-state index in [0.717, 1.165) is 9.37 Å². The molecule has 0 aliphatic rings. The van der Waals surface area contributed by atoms with Gasteiger partial charge in [-0.05, 0) is 56.3 Å². The lowest BCUT2D eigenvalue weighted by Crippen LogP contribution is -2.33. The number of hydrogen-bond donors (Lipinski definition) is 1. The van der Waals surface area contributed by atoms with Gasteiger partial charge in [-0.15, -0.1) is 11.8 Å². The van der Waals surface area contributed by atoms with Crippen molar-refractivity contribution in [2.75, 3.05) is 18.1 Å². The normalized spacial score (nSPS) is 11.8. The molecule has 0 unspecified atom stereocenters. The summed E-state index contributed by atoms with van der Waals surface area (Å²) in [5.41, 5.74) is 0.566. The van der Waals surface area contributed by atoms with Gasteiger partial charge in [0, 0.05) is 28.1 Å². The number of nitrogens with zero attached hydrogens (tertiary/aromatic N) is 1. The molecule has 8 heteroatoms. The molecule has 2 aromatic rings. The van der Waals surface area contributed by atoms with E-state index in [1.54, 1.807) is 19.2 Å². The second-order valence-corrected chi connectivity index (χ2v) is 9.90. The average molecular weight is 457 g/mol. The minimum absolute atomic E-state index is 0.130. The Morgan fingerprint density at radius 3 is 2.42 bits per heavy atom. The van der Waals surface area contributed by atoms with E-state index >= 15 is 0 Å². The van der Waals surface area contributed by atoms with Crippen LogP contribution in [0.4, 0.5) is 5.69 Å². The monoisotopic (exact) mass is 456 g/mol. The second kappa shape index (κ2) is 9.03. The number of sulfonamides is 1. The smallest absolute Gasteiger partial charge is 0.243 e. The molecule has 0 aromatic heterocycles. The maximum atomic E-state index is 12.4. The lowest BCUT2D eigenvalue weighted by molar-refractivity contribution is -0.113. The van der Waals surface area contributed by atoms with E-state index < -0.39 is 10.0 Å². The first-order chi connectivity index (χ1) is 12.2. The number of nitrogens with one attached hydrogen (secondary N) is 1. The Labute approximate surface area is 167 Å². The van der Waals surface area contributed by atoms with Gasteiger partial charge in [-0.25, -0.2) is 8.42 Å². The first-order valence-electron chi connectivity index (χ1n) is 7.96. The van der Waals surface area contributed by atoms with Gasteiger partial charge in [-0.3, -0.25) is 4.79 Å². The highest BCUT2D eigenvalue weighted by Crippen LogP contribution is 2.23. The zero-order valence-electron chi connectivity index (χ0n) is 14.8. The molecular formula is C18H21BrN2O3S2. The third-order valence-electron chi connectivity index (χ3n) is 3.71. The molecule has 0 saturated heterocycles. The van der Waals surface area contributed by atoms with E-state index in [0.29, 0.717) is 5.69 Å². The SMILES string of the molecule is CC(C)N(C)S(=O)(=O)c1ccc(NC(=O)CSc2cccc(Br)c2)cc1. The van der Waals surface area contributed by atoms with Gasteiger partial charge in [0.15, 0.2) is 0 Å². The van der Waals surface area contributed by atoms with Crippen molar-refractivity contribution in [3.8, 4) is 0 Å². The number of carbonyl (C=O) groups excluding carboxylic acids is 1. The number of rotatable bonds is 7. The van der Waals surface area contributed by atoms with E-state index in [1.165, 1.54) is 28.2 Å². The van der Waals surface area contributed by atoms with E-state index in [-0.39, 0.29) is 22.6 Å². The summed E-state index contributed by atoms with van der Waals surface area (Å²) in [6.45, 7) is 3.63. The lowest BCUT2D eigenvalue weighted by atomic mass is 10.3. The quantitative estimate of drug-likeness (QED) is 0.633. The number of anilines is 1. The molecule has 0 fully saturated rings. The molecule has 2 aromatic carbocycles. The van der Waals surface area contributed by atoms with Gasteiger partial charge >= 0.3 is 0 Å². The van der Waals surface area contributed by atoms with E-state index in [2.05, 4.69) is 21.2 Å². The molecule has 0 atom stereocenters. The van der Waals surface area contributed by atoms with Crippen molar-refractivity contribution in [1.29, 1.82) is 0 Å². The highest BCUT2D eigenvalue weighted by atomic mass is 79.9. The average Bonchev–Trinajstić information content (AvgIpc) is 2.59. The number of hydrogen-bond acceptors (Lipinski definition) is 4. The zero-order valence-corrected chi connectivity index (χ0v) is 18.0. The summed E-state index contributed by atoms with van der Waals surface area (Å²) in [5, 5.41) is 2.78. The van der Waals surface area contributed by atoms with Crippen LogP contribution in [0.5, 0.6) is 0 Å². The van der Waals surface area contributed by atoms with Gasteiger partial charge in [-0.2, -0.15) is 4.31 Å². The Morgan fingerprint density at radius 1 is 1.19 bits per heavy atom. The van der Waals surface area contributed by atoms with Crippen molar-refractivity contribution in [2.45, 2.75) is 29.7 Å². The fraction of sp³-hybridized carbons (Fsp3) is 0.278. The van der Waals surface area contributed by atoms with Crippen molar-refractivity contribution in [3.63, 3.8) is 0 Å². The van der Waals surface area contributed by atoms with Gasteiger partial charge in [-0.1, -0.05) is 22.0 Å². The van der Waals surface area contributed by atoms with Crippen LogP contribution in [0.1, 0.15) is 13.8 Å². The number of benzene rings is 2. The second-order valence-electron chi connectivity index (χ2n) is 5.93. The van der Waals surface area contributed by atoms with Crippen LogP contribution in [0.2, 0.25) is 0 Å². The topological polar surface area (TPSA) is 66.5 Å². The van der Waals surface area contributed by atoms with Crippen LogP contribution >= 0.6 is 27.7 Å². The molecule has 1 N–H and O–H groups in total. The summed E-state index contributed by atoms with van der Waals surface area (Å²) < 4.78 is 27.1. The molecule has 0 radical (unpaired) electrons. The molecule has 0 saturated carbocycles. The van der Waals surface area contributed by atoms with Crippen LogP contribution in [0.15, 0.2) is 62.8 Å². The van der Waals surface area contributed by atoms with Gasteiger partial charge in [0.25, 0.3) is 0 Å². The van der Waals surface area contributed by atoms with Gasteiger partial charge < -0.3 is 5.32 Å². The maximum absolute atomic E-state index is 12.4. The van der Waals surface area contributed by atoms with Gasteiger partial charge in [0.2, 0.25) is 15.9 Å². The third-order valence-corrected chi connectivity index (χ3v) is 7.24. The summed E-state index contributed by atoms with van der Waals surface area (Å²) in [6.07, 6.45) is 0. The molecule has 5 nitrogen and oxygen atoms in total. The highest BCUT2D eigenvalue weighted by molar-refractivity contribution is 9.10. The standard InChI is InChI=1S/C18H21BrN2O3S2/c1-13(2)21(3)26(23,24)17-9-7-15(8-10-17)20-18(22)12-25-16-6-4-5-14(19)11-16/h4-11,13H,12H2,1-3H3,(H,20,22). The van der Waals surface area contributed by atoms with Gasteiger partial charge in [0.1, 0.15) is 0 Å². The van der Waals surface area contributed by atoms with Crippen molar-refractivity contribution in [2.24, 2.45) is 0 Å². The molecule has 140 valence electrons. The van der Waals surface area contributed by atoms with Gasteiger partial charge in [0.05, 0.1) is 10.6 Å². The molecule has 0 bridgehead atoms. The molecule has 0 heterocycles. The fourth-order valence-electron chi connectivity index (χ4n) is 2.06. The number of halogens is 1. The summed E-state index contributed by atoms with van der Waals surface area (Å²) in [5.74, 6) is 0.122. The van der Waals surface area contributed by atoms with E-state index in [9.17, 15) is 13.2 Å². The number of carbonyl (C=O) groups is 1. The molecule has 0 aliphatic carbocycles. The van der Waals surface area contributed by atoms with Crippen LogP contribution in [-0.2, 0) is 14.8 Å². The Balaban J connectivity index is 1.97. The molecule has 0 aliphatic heterocycles. The zero-order chi connectivity index (χ0) is 19.3. The molecular weight excluding hydrogens is 436 g/mol. The molecule has 2 rings (SSSR count).